The molecule has 2 aromatic rings. The van der Waals surface area contributed by atoms with Crippen molar-refractivity contribution in [2.45, 2.75) is 83.5 Å². The molecule has 4 aliphatic heterocycles. The first kappa shape index (κ1) is 27.6. The van der Waals surface area contributed by atoms with E-state index in [1.165, 1.54) is 93.2 Å². The molecule has 5 heteroatoms. The average molecular weight is 569 g/mol. The molecule has 3 nitrogen and oxygen atoms in total. The Labute approximate surface area is 245 Å². The third kappa shape index (κ3) is 5.06. The van der Waals surface area contributed by atoms with Gasteiger partial charge in [-0.1, -0.05) is 60.7 Å². The smallest absolute Gasteiger partial charge is 0.254 e. The average Bonchev–Trinajstić information content (AvgIpc) is 3.42. The van der Waals surface area contributed by atoms with Gasteiger partial charge in [0.05, 0.1) is 36.2 Å². The van der Waals surface area contributed by atoms with Crippen molar-refractivity contribution in [3.05, 3.63) is 68.7 Å². The molecule has 1 aliphatic carbocycles. The Balaban J connectivity index is 1.21. The first-order valence-electron chi connectivity index (χ1n) is 15.4. The molecule has 0 aromatic heterocycles. The zero-order valence-electron chi connectivity index (χ0n) is 23.9. The molecular formula is C34H45Cl2N2O+. The number of piperidine rings is 3. The minimum absolute atomic E-state index is 0.0794. The van der Waals surface area contributed by atoms with Crippen LogP contribution in [-0.4, -0.2) is 54.6 Å². The van der Waals surface area contributed by atoms with Gasteiger partial charge in [0.15, 0.2) is 0 Å². The fourth-order valence-corrected chi connectivity index (χ4v) is 9.11. The number of nitrogens with zero attached hydrogens (tertiary/aromatic N) is 2. The third-order valence-corrected chi connectivity index (χ3v) is 12.5. The zero-order chi connectivity index (χ0) is 27.3. The molecule has 1 saturated carbocycles. The van der Waals surface area contributed by atoms with Gasteiger partial charge in [-0.15, -0.1) is 0 Å². The normalized spacial score (nSPS) is 31.1. The number of benzene rings is 2. The van der Waals surface area contributed by atoms with Gasteiger partial charge in [-0.25, -0.2) is 0 Å². The number of likely N-dealkylation sites (tertiary alicyclic amines) is 1. The minimum atomic E-state index is -0.0794. The Kier molecular flexibility index (Phi) is 7.57. The first-order chi connectivity index (χ1) is 18.7. The van der Waals surface area contributed by atoms with Crippen LogP contribution >= 0.6 is 23.2 Å². The summed E-state index contributed by atoms with van der Waals surface area (Å²) in [7, 11) is 0. The van der Waals surface area contributed by atoms with Crippen LogP contribution in [-0.2, 0) is 5.41 Å². The number of carbonyl (C=O) groups excluding carboxylic acids is 1. The van der Waals surface area contributed by atoms with E-state index in [0.717, 1.165) is 43.0 Å². The monoisotopic (exact) mass is 567 g/mol. The number of rotatable bonds is 6. The highest BCUT2D eigenvalue weighted by Gasteiger charge is 2.53. The number of halogens is 2. The topological polar surface area (TPSA) is 20.3 Å². The number of hydrogen-bond donors (Lipinski definition) is 0. The van der Waals surface area contributed by atoms with Gasteiger partial charge in [-0.2, -0.15) is 0 Å². The predicted octanol–water partition coefficient (Wildman–Crippen LogP) is 8.37. The van der Waals surface area contributed by atoms with Gasteiger partial charge in [-0.05, 0) is 79.3 Å². The van der Waals surface area contributed by atoms with E-state index in [1.807, 2.05) is 18.2 Å². The van der Waals surface area contributed by atoms with Crippen LogP contribution in [0.25, 0.3) is 0 Å². The lowest BCUT2D eigenvalue weighted by atomic mass is 9.59. The fourth-order valence-electron chi connectivity index (χ4n) is 8.81. The van der Waals surface area contributed by atoms with Crippen molar-refractivity contribution in [2.75, 3.05) is 39.3 Å². The van der Waals surface area contributed by atoms with Gasteiger partial charge in [-0.3, -0.25) is 4.79 Å². The van der Waals surface area contributed by atoms with Crippen LogP contribution < -0.4 is 0 Å². The van der Waals surface area contributed by atoms with E-state index in [1.54, 1.807) is 0 Å². The zero-order valence-corrected chi connectivity index (χ0v) is 25.4. The highest BCUT2D eigenvalue weighted by molar-refractivity contribution is 6.42. The largest absolute Gasteiger partial charge is 0.338 e. The summed E-state index contributed by atoms with van der Waals surface area (Å²) >= 11 is 12.9. The minimum Gasteiger partial charge on any atom is -0.338 e. The molecule has 2 bridgehead atoms. The number of hydrogen-bond acceptors (Lipinski definition) is 1. The standard InChI is InChI=1S/C34H45Cl2N2O/c1-25-7-6-10-29(26(25)2)32(39)37-18-13-34(24-37,28-11-12-30(35)31(36)23-28)17-22-38-19-14-33(15-20-38,16-21-38)27-8-4-3-5-9-27/h6-7,10-12,23,27H,3-5,8-9,13-22,24H2,1-2H3/q+1. The van der Waals surface area contributed by atoms with Crippen LogP contribution in [0.4, 0.5) is 0 Å². The molecule has 1 unspecified atom stereocenters. The number of carbonyl (C=O) groups is 1. The van der Waals surface area contributed by atoms with Crippen LogP contribution in [0.5, 0.6) is 0 Å². The van der Waals surface area contributed by atoms with Crippen molar-refractivity contribution in [1.29, 1.82) is 0 Å². The summed E-state index contributed by atoms with van der Waals surface area (Å²) < 4.78 is 1.28. The molecule has 1 amide bonds. The van der Waals surface area contributed by atoms with Crippen LogP contribution in [0.15, 0.2) is 36.4 Å². The second kappa shape index (κ2) is 10.7. The lowest BCUT2D eigenvalue weighted by Gasteiger charge is -2.58. The maximum Gasteiger partial charge on any atom is 0.254 e. The molecule has 1 atom stereocenters. The van der Waals surface area contributed by atoms with Crippen molar-refractivity contribution >= 4 is 29.1 Å². The van der Waals surface area contributed by atoms with E-state index in [9.17, 15) is 4.79 Å². The predicted molar refractivity (Wildman–Crippen MR) is 162 cm³/mol. The molecule has 4 heterocycles. The first-order valence-corrected chi connectivity index (χ1v) is 16.2. The number of fused-ring (bicyclic) bond motifs is 3. The molecule has 210 valence electrons. The number of quaternary nitrogens is 1. The van der Waals surface area contributed by atoms with Crippen molar-refractivity contribution in [2.24, 2.45) is 11.3 Å². The molecule has 2 aromatic carbocycles. The molecule has 7 rings (SSSR count). The lowest BCUT2D eigenvalue weighted by molar-refractivity contribution is -0.946. The van der Waals surface area contributed by atoms with Gasteiger partial charge in [0.2, 0.25) is 0 Å². The third-order valence-electron chi connectivity index (χ3n) is 11.8. The summed E-state index contributed by atoms with van der Waals surface area (Å²) in [5.74, 6) is 1.15. The SMILES string of the molecule is Cc1cccc(C(=O)N2CCC(CC[N+]34CCC(C5CCCCC5)(CC3)CC4)(c3ccc(Cl)c(Cl)c3)C2)c1C. The quantitative estimate of drug-likeness (QED) is 0.321. The second-order valence-corrected chi connectivity index (χ2v) is 14.4. The van der Waals surface area contributed by atoms with Gasteiger partial charge >= 0.3 is 0 Å². The summed E-state index contributed by atoms with van der Waals surface area (Å²) in [6.45, 7) is 10.9. The van der Waals surface area contributed by atoms with E-state index >= 15 is 0 Å². The number of aryl methyl sites for hydroxylation is 1. The molecule has 0 radical (unpaired) electrons. The van der Waals surface area contributed by atoms with E-state index < -0.39 is 0 Å². The summed E-state index contributed by atoms with van der Waals surface area (Å²) in [4.78, 5) is 15.9. The Hall–Kier alpha value is -1.55. The van der Waals surface area contributed by atoms with E-state index in [4.69, 9.17) is 23.2 Å². The van der Waals surface area contributed by atoms with Gasteiger partial charge < -0.3 is 9.38 Å². The Bertz CT molecular complexity index is 1210. The summed E-state index contributed by atoms with van der Waals surface area (Å²) in [5, 5.41) is 1.22. The number of amides is 1. The van der Waals surface area contributed by atoms with Gasteiger partial charge in [0.25, 0.3) is 5.91 Å². The van der Waals surface area contributed by atoms with Crippen molar-refractivity contribution in [3.63, 3.8) is 0 Å². The van der Waals surface area contributed by atoms with Crippen LogP contribution in [0, 0.1) is 25.2 Å². The molecule has 5 aliphatic rings. The molecular weight excluding hydrogens is 523 g/mol. The maximum atomic E-state index is 13.8. The summed E-state index contributed by atoms with van der Waals surface area (Å²) in [5.41, 5.74) is 4.92. The Morgan fingerprint density at radius 1 is 0.949 bits per heavy atom. The van der Waals surface area contributed by atoms with E-state index in [2.05, 4.69) is 36.9 Å². The van der Waals surface area contributed by atoms with Gasteiger partial charge in [0, 0.05) is 49.8 Å². The lowest BCUT2D eigenvalue weighted by Crippen LogP contribution is -2.64. The Morgan fingerprint density at radius 2 is 1.67 bits per heavy atom. The van der Waals surface area contributed by atoms with Crippen molar-refractivity contribution < 1.29 is 9.28 Å². The van der Waals surface area contributed by atoms with Crippen LogP contribution in [0.3, 0.4) is 0 Å². The van der Waals surface area contributed by atoms with Crippen molar-refractivity contribution in [3.8, 4) is 0 Å². The molecule has 39 heavy (non-hydrogen) atoms. The summed E-state index contributed by atoms with van der Waals surface area (Å²) in [6.07, 6.45) is 13.7. The van der Waals surface area contributed by atoms with Crippen LogP contribution in [0.2, 0.25) is 10.0 Å². The highest BCUT2D eigenvalue weighted by Crippen LogP contribution is 2.53. The second-order valence-electron chi connectivity index (χ2n) is 13.6. The molecule has 0 spiro atoms. The van der Waals surface area contributed by atoms with E-state index in [0.29, 0.717) is 15.5 Å². The highest BCUT2D eigenvalue weighted by atomic mass is 35.5. The molecule has 4 saturated heterocycles. The van der Waals surface area contributed by atoms with Crippen LogP contribution in [0.1, 0.15) is 91.3 Å². The fraction of sp³-hybridized carbons (Fsp3) is 0.618. The summed E-state index contributed by atoms with van der Waals surface area (Å²) in [6, 6.07) is 12.3. The van der Waals surface area contributed by atoms with Gasteiger partial charge in [0.1, 0.15) is 0 Å². The molecule has 0 N–H and O–H groups in total. The molecule has 5 fully saturated rings. The Morgan fingerprint density at radius 3 is 2.36 bits per heavy atom. The van der Waals surface area contributed by atoms with Crippen molar-refractivity contribution in [1.82, 2.24) is 4.90 Å². The van der Waals surface area contributed by atoms with E-state index in [-0.39, 0.29) is 11.3 Å². The maximum absolute atomic E-state index is 13.8.